The highest BCUT2D eigenvalue weighted by molar-refractivity contribution is 7.89. The Balaban J connectivity index is 3.00. The summed E-state index contributed by atoms with van der Waals surface area (Å²) in [5.41, 5.74) is 0.218. The van der Waals surface area contributed by atoms with Crippen LogP contribution in [0.4, 0.5) is 0 Å². The van der Waals surface area contributed by atoms with E-state index in [1.165, 1.54) is 45.3 Å². The fraction of sp³-hybridized carbons (Fsp3) is 0.333. The Kier molecular flexibility index (Phi) is 4.85. The van der Waals surface area contributed by atoms with Crippen molar-refractivity contribution >= 4 is 21.9 Å². The van der Waals surface area contributed by atoms with Crippen LogP contribution in [-0.2, 0) is 14.8 Å². The number of aliphatic carboxylic acids is 1. The van der Waals surface area contributed by atoms with E-state index < -0.39 is 27.9 Å². The van der Waals surface area contributed by atoms with Crippen LogP contribution in [0.2, 0.25) is 0 Å². The second-order valence-corrected chi connectivity index (χ2v) is 6.05. The Bertz CT molecular complexity index is 609. The van der Waals surface area contributed by atoms with E-state index >= 15 is 0 Å². The van der Waals surface area contributed by atoms with Crippen molar-refractivity contribution < 1.29 is 23.1 Å². The van der Waals surface area contributed by atoms with Crippen LogP contribution in [0, 0.1) is 0 Å². The average Bonchev–Trinajstić information content (AvgIpc) is 2.44. The average molecular weight is 300 g/mol. The normalized spacial score (nSPS) is 12.8. The SMILES string of the molecule is CNS(=O)(=O)c1ccc(C(=O)N(C)C(C)C(=O)O)cc1. The van der Waals surface area contributed by atoms with Crippen LogP contribution in [0.3, 0.4) is 0 Å². The van der Waals surface area contributed by atoms with Gasteiger partial charge in [-0.1, -0.05) is 0 Å². The lowest BCUT2D eigenvalue weighted by Gasteiger charge is -2.21. The Morgan fingerprint density at radius 2 is 1.75 bits per heavy atom. The lowest BCUT2D eigenvalue weighted by molar-refractivity contribution is -0.141. The molecule has 0 aliphatic heterocycles. The lowest BCUT2D eigenvalue weighted by atomic mass is 10.2. The van der Waals surface area contributed by atoms with Crippen LogP contribution in [0.25, 0.3) is 0 Å². The summed E-state index contributed by atoms with van der Waals surface area (Å²) in [4.78, 5) is 23.9. The molecule has 1 amide bonds. The zero-order valence-corrected chi connectivity index (χ0v) is 12.1. The van der Waals surface area contributed by atoms with Gasteiger partial charge in [0.05, 0.1) is 4.90 Å². The van der Waals surface area contributed by atoms with E-state index in [4.69, 9.17) is 5.11 Å². The van der Waals surface area contributed by atoms with Crippen molar-refractivity contribution in [2.45, 2.75) is 17.9 Å². The highest BCUT2D eigenvalue weighted by Gasteiger charge is 2.23. The molecule has 1 unspecified atom stereocenters. The van der Waals surface area contributed by atoms with Gasteiger partial charge >= 0.3 is 5.97 Å². The zero-order chi connectivity index (χ0) is 15.5. The molecule has 0 saturated carbocycles. The van der Waals surface area contributed by atoms with Gasteiger partial charge in [0.25, 0.3) is 5.91 Å². The number of carboxylic acid groups (broad SMARTS) is 1. The molecule has 7 nitrogen and oxygen atoms in total. The maximum Gasteiger partial charge on any atom is 0.326 e. The monoisotopic (exact) mass is 300 g/mol. The number of hydrogen-bond acceptors (Lipinski definition) is 4. The molecule has 110 valence electrons. The van der Waals surface area contributed by atoms with Crippen LogP contribution in [0.5, 0.6) is 0 Å². The molecule has 0 aliphatic rings. The number of benzene rings is 1. The second kappa shape index (κ2) is 6.02. The third-order valence-corrected chi connectivity index (χ3v) is 4.37. The fourth-order valence-corrected chi connectivity index (χ4v) is 2.17. The second-order valence-electron chi connectivity index (χ2n) is 4.16. The molecule has 0 heterocycles. The number of sulfonamides is 1. The third-order valence-electron chi connectivity index (χ3n) is 2.94. The predicted molar refractivity (Wildman–Crippen MR) is 71.9 cm³/mol. The zero-order valence-electron chi connectivity index (χ0n) is 11.3. The van der Waals surface area contributed by atoms with E-state index in [0.717, 1.165) is 4.90 Å². The maximum atomic E-state index is 12.0. The number of carbonyl (C=O) groups excluding carboxylic acids is 1. The van der Waals surface area contributed by atoms with Crippen LogP contribution < -0.4 is 4.72 Å². The lowest BCUT2D eigenvalue weighted by Crippen LogP contribution is -2.40. The highest BCUT2D eigenvalue weighted by Crippen LogP contribution is 2.12. The van der Waals surface area contributed by atoms with Gasteiger partial charge in [-0.05, 0) is 38.2 Å². The molecule has 1 aromatic rings. The first-order valence-electron chi connectivity index (χ1n) is 5.74. The van der Waals surface area contributed by atoms with Gasteiger partial charge in [0.2, 0.25) is 10.0 Å². The molecular weight excluding hydrogens is 284 g/mol. The smallest absolute Gasteiger partial charge is 0.326 e. The quantitative estimate of drug-likeness (QED) is 0.805. The predicted octanol–water partition coefficient (Wildman–Crippen LogP) is 0.140. The number of nitrogens with zero attached hydrogens (tertiary/aromatic N) is 1. The van der Waals surface area contributed by atoms with E-state index in [1.807, 2.05) is 0 Å². The molecule has 1 rings (SSSR count). The summed E-state index contributed by atoms with van der Waals surface area (Å²) >= 11 is 0. The molecule has 0 radical (unpaired) electrons. The fourth-order valence-electron chi connectivity index (χ4n) is 1.44. The van der Waals surface area contributed by atoms with Gasteiger partial charge in [-0.15, -0.1) is 0 Å². The summed E-state index contributed by atoms with van der Waals surface area (Å²) in [7, 11) is -0.897. The van der Waals surface area contributed by atoms with E-state index in [0.29, 0.717) is 0 Å². The Morgan fingerprint density at radius 3 is 2.15 bits per heavy atom. The summed E-state index contributed by atoms with van der Waals surface area (Å²) in [6.45, 7) is 1.39. The topological polar surface area (TPSA) is 104 Å². The molecule has 2 N–H and O–H groups in total. The first-order valence-corrected chi connectivity index (χ1v) is 7.22. The summed E-state index contributed by atoms with van der Waals surface area (Å²) in [6.07, 6.45) is 0. The Morgan fingerprint density at radius 1 is 1.25 bits per heavy atom. The van der Waals surface area contributed by atoms with Crippen molar-refractivity contribution in [1.82, 2.24) is 9.62 Å². The van der Waals surface area contributed by atoms with Gasteiger partial charge in [0.1, 0.15) is 6.04 Å². The molecular formula is C12H16N2O5S. The number of rotatable bonds is 5. The van der Waals surface area contributed by atoms with Gasteiger partial charge in [-0.25, -0.2) is 17.9 Å². The number of hydrogen-bond donors (Lipinski definition) is 2. The van der Waals surface area contributed by atoms with Gasteiger partial charge in [-0.3, -0.25) is 4.79 Å². The third kappa shape index (κ3) is 3.34. The minimum Gasteiger partial charge on any atom is -0.480 e. The number of likely N-dealkylation sites (N-methyl/N-ethyl adjacent to an activating group) is 1. The van der Waals surface area contributed by atoms with Gasteiger partial charge in [-0.2, -0.15) is 0 Å². The first kappa shape index (κ1) is 16.1. The van der Waals surface area contributed by atoms with Crippen LogP contribution >= 0.6 is 0 Å². The number of carboxylic acids is 1. The maximum absolute atomic E-state index is 12.0. The number of carbonyl (C=O) groups is 2. The first-order chi connectivity index (χ1) is 9.20. The van der Waals surface area contributed by atoms with E-state index in [1.54, 1.807) is 0 Å². The van der Waals surface area contributed by atoms with Gasteiger partial charge in [0.15, 0.2) is 0 Å². The molecule has 1 atom stereocenters. The van der Waals surface area contributed by atoms with Crippen LogP contribution in [0.15, 0.2) is 29.2 Å². The summed E-state index contributed by atoms with van der Waals surface area (Å²) < 4.78 is 25.2. The molecule has 0 aliphatic carbocycles. The van der Waals surface area contributed by atoms with Gasteiger partial charge < -0.3 is 10.0 Å². The Labute approximate surface area is 117 Å². The van der Waals surface area contributed by atoms with Crippen LogP contribution in [0.1, 0.15) is 17.3 Å². The minimum absolute atomic E-state index is 0.0329. The largest absolute Gasteiger partial charge is 0.480 e. The molecule has 0 bridgehead atoms. The van der Waals surface area contributed by atoms with Crippen molar-refractivity contribution in [3.63, 3.8) is 0 Å². The summed E-state index contributed by atoms with van der Waals surface area (Å²) in [5, 5.41) is 8.85. The standard InChI is InChI=1S/C12H16N2O5S/c1-8(12(16)17)14(3)11(15)9-4-6-10(7-5-9)20(18,19)13-2/h4-8,13H,1-3H3,(H,16,17). The molecule has 0 saturated heterocycles. The highest BCUT2D eigenvalue weighted by atomic mass is 32.2. The molecule has 1 aromatic carbocycles. The number of nitrogens with one attached hydrogen (secondary N) is 1. The summed E-state index contributed by atoms with van der Waals surface area (Å²) in [6, 6.07) is 4.30. The van der Waals surface area contributed by atoms with Crippen molar-refractivity contribution in [2.75, 3.05) is 14.1 Å². The minimum atomic E-state index is -3.56. The Hall–Kier alpha value is -1.93. The van der Waals surface area contributed by atoms with Crippen molar-refractivity contribution in [1.29, 1.82) is 0 Å². The molecule has 8 heteroatoms. The molecule has 0 fully saturated rings. The van der Waals surface area contributed by atoms with Crippen molar-refractivity contribution in [3.8, 4) is 0 Å². The van der Waals surface area contributed by atoms with Crippen molar-refractivity contribution in [2.24, 2.45) is 0 Å². The van der Waals surface area contributed by atoms with Crippen LogP contribution in [-0.4, -0.2) is 50.4 Å². The van der Waals surface area contributed by atoms with Crippen molar-refractivity contribution in [3.05, 3.63) is 29.8 Å². The summed E-state index contributed by atoms with van der Waals surface area (Å²) in [5.74, 6) is -1.61. The van der Waals surface area contributed by atoms with E-state index in [9.17, 15) is 18.0 Å². The molecule has 0 spiro atoms. The number of amides is 1. The molecule has 20 heavy (non-hydrogen) atoms. The van der Waals surface area contributed by atoms with Gasteiger partial charge in [0, 0.05) is 12.6 Å². The van der Waals surface area contributed by atoms with E-state index in [-0.39, 0.29) is 10.5 Å². The molecule has 0 aromatic heterocycles. The van der Waals surface area contributed by atoms with E-state index in [2.05, 4.69) is 4.72 Å².